The van der Waals surface area contributed by atoms with E-state index < -0.39 is 0 Å². The SMILES string of the molecule is COC(=O)CNC(C)C(=O)N(C)C. The van der Waals surface area contributed by atoms with Crippen LogP contribution in [0.1, 0.15) is 6.92 Å². The predicted octanol–water partition coefficient (Wildman–Crippen LogP) is -0.774. The summed E-state index contributed by atoms with van der Waals surface area (Å²) in [5.74, 6) is -0.442. The molecule has 0 aromatic carbocycles. The van der Waals surface area contributed by atoms with E-state index in [2.05, 4.69) is 10.1 Å². The largest absolute Gasteiger partial charge is 0.468 e. The van der Waals surface area contributed by atoms with E-state index in [9.17, 15) is 9.59 Å². The summed E-state index contributed by atoms with van der Waals surface area (Å²) in [6.45, 7) is 1.75. The minimum atomic E-state index is -0.376. The highest BCUT2D eigenvalue weighted by molar-refractivity contribution is 5.81. The van der Waals surface area contributed by atoms with E-state index in [4.69, 9.17) is 0 Å². The first kappa shape index (κ1) is 11.9. The van der Waals surface area contributed by atoms with Crippen molar-refractivity contribution in [3.63, 3.8) is 0 Å². The molecule has 5 nitrogen and oxygen atoms in total. The molecule has 1 unspecified atom stereocenters. The predicted molar refractivity (Wildman–Crippen MR) is 48.2 cm³/mol. The third kappa shape index (κ3) is 4.47. The van der Waals surface area contributed by atoms with Crippen molar-refractivity contribution in [2.24, 2.45) is 0 Å². The lowest BCUT2D eigenvalue weighted by Gasteiger charge is -2.17. The number of carbonyl (C=O) groups is 2. The third-order valence-electron chi connectivity index (χ3n) is 1.59. The van der Waals surface area contributed by atoms with Crippen molar-refractivity contribution in [3.8, 4) is 0 Å². The summed E-state index contributed by atoms with van der Waals surface area (Å²) in [6, 6.07) is -0.367. The molecule has 0 fully saturated rings. The molecule has 1 amide bonds. The van der Waals surface area contributed by atoms with E-state index in [1.165, 1.54) is 12.0 Å². The maximum Gasteiger partial charge on any atom is 0.319 e. The van der Waals surface area contributed by atoms with Gasteiger partial charge >= 0.3 is 5.97 Å². The van der Waals surface area contributed by atoms with Crippen molar-refractivity contribution in [3.05, 3.63) is 0 Å². The minimum Gasteiger partial charge on any atom is -0.468 e. The topological polar surface area (TPSA) is 58.6 Å². The number of ether oxygens (including phenoxy) is 1. The second-order valence-corrected chi connectivity index (χ2v) is 2.91. The molecule has 0 aliphatic carbocycles. The van der Waals surface area contributed by atoms with Crippen molar-refractivity contribution in [1.82, 2.24) is 10.2 Å². The second-order valence-electron chi connectivity index (χ2n) is 2.91. The van der Waals surface area contributed by atoms with Crippen LogP contribution in [0.3, 0.4) is 0 Å². The van der Waals surface area contributed by atoms with Crippen LogP contribution >= 0.6 is 0 Å². The minimum absolute atomic E-state index is 0.0528. The Morgan fingerprint density at radius 3 is 2.38 bits per heavy atom. The first-order valence-corrected chi connectivity index (χ1v) is 4.00. The van der Waals surface area contributed by atoms with Crippen LogP contribution in [0.2, 0.25) is 0 Å². The van der Waals surface area contributed by atoms with Gasteiger partial charge in [0.15, 0.2) is 0 Å². The summed E-state index contributed by atoms with van der Waals surface area (Å²) >= 11 is 0. The van der Waals surface area contributed by atoms with Gasteiger partial charge in [-0.15, -0.1) is 0 Å². The van der Waals surface area contributed by atoms with E-state index >= 15 is 0 Å². The molecular formula is C8H16N2O3. The Morgan fingerprint density at radius 1 is 1.46 bits per heavy atom. The number of esters is 1. The molecule has 5 heteroatoms. The zero-order valence-electron chi connectivity index (χ0n) is 8.46. The molecule has 0 spiro atoms. The first-order chi connectivity index (χ1) is 5.99. The van der Waals surface area contributed by atoms with Crippen LogP contribution in [0, 0.1) is 0 Å². The van der Waals surface area contributed by atoms with E-state index in [1.807, 2.05) is 0 Å². The molecule has 13 heavy (non-hydrogen) atoms. The van der Waals surface area contributed by atoms with E-state index in [0.717, 1.165) is 0 Å². The summed E-state index contributed by atoms with van der Waals surface area (Å²) in [5, 5.41) is 2.75. The van der Waals surface area contributed by atoms with Crippen LogP contribution in [0.15, 0.2) is 0 Å². The fourth-order valence-electron chi connectivity index (χ4n) is 0.783. The number of rotatable bonds is 4. The van der Waals surface area contributed by atoms with Gasteiger partial charge in [0.05, 0.1) is 19.7 Å². The quantitative estimate of drug-likeness (QED) is 0.588. The molecule has 0 aliphatic rings. The first-order valence-electron chi connectivity index (χ1n) is 4.00. The van der Waals surface area contributed by atoms with Crippen LogP contribution in [-0.4, -0.2) is 50.6 Å². The van der Waals surface area contributed by atoms with Crippen molar-refractivity contribution in [1.29, 1.82) is 0 Å². The molecule has 0 heterocycles. The highest BCUT2D eigenvalue weighted by Crippen LogP contribution is 1.87. The van der Waals surface area contributed by atoms with E-state index in [-0.39, 0.29) is 24.5 Å². The Bertz CT molecular complexity index is 192. The van der Waals surface area contributed by atoms with Crippen molar-refractivity contribution >= 4 is 11.9 Å². The average Bonchev–Trinajstić information content (AvgIpc) is 2.11. The van der Waals surface area contributed by atoms with Gasteiger partial charge in [-0.3, -0.25) is 14.9 Å². The highest BCUT2D eigenvalue weighted by Gasteiger charge is 2.14. The summed E-state index contributed by atoms with van der Waals surface area (Å²) in [5.41, 5.74) is 0. The average molecular weight is 188 g/mol. The Hall–Kier alpha value is -1.10. The third-order valence-corrected chi connectivity index (χ3v) is 1.59. The van der Waals surface area contributed by atoms with Crippen molar-refractivity contribution in [2.45, 2.75) is 13.0 Å². The molecule has 0 aliphatic heterocycles. The zero-order valence-corrected chi connectivity index (χ0v) is 8.46. The van der Waals surface area contributed by atoms with Gasteiger partial charge < -0.3 is 9.64 Å². The number of amides is 1. The number of nitrogens with one attached hydrogen (secondary N) is 1. The summed E-state index contributed by atoms with van der Waals surface area (Å²) < 4.78 is 4.41. The van der Waals surface area contributed by atoms with Crippen LogP contribution in [0.25, 0.3) is 0 Å². The number of likely N-dealkylation sites (N-methyl/N-ethyl adjacent to an activating group) is 1. The molecule has 76 valence electrons. The maximum atomic E-state index is 11.3. The maximum absolute atomic E-state index is 11.3. The van der Waals surface area contributed by atoms with Gasteiger partial charge in [-0.2, -0.15) is 0 Å². The van der Waals surface area contributed by atoms with E-state index in [1.54, 1.807) is 21.0 Å². The van der Waals surface area contributed by atoms with Gasteiger partial charge in [0.25, 0.3) is 0 Å². The van der Waals surface area contributed by atoms with Gasteiger partial charge in [-0.25, -0.2) is 0 Å². The summed E-state index contributed by atoms with van der Waals surface area (Å²) in [7, 11) is 4.64. The second kappa shape index (κ2) is 5.53. The van der Waals surface area contributed by atoms with Crippen molar-refractivity contribution < 1.29 is 14.3 Å². The number of hydrogen-bond donors (Lipinski definition) is 1. The van der Waals surface area contributed by atoms with Crippen LogP contribution < -0.4 is 5.32 Å². The Kier molecular flexibility index (Phi) is 5.06. The Morgan fingerprint density at radius 2 is 2.00 bits per heavy atom. The molecule has 0 bridgehead atoms. The van der Waals surface area contributed by atoms with E-state index in [0.29, 0.717) is 0 Å². The van der Waals surface area contributed by atoms with Crippen LogP contribution in [0.4, 0.5) is 0 Å². The van der Waals surface area contributed by atoms with Gasteiger partial charge in [0.2, 0.25) is 5.91 Å². The van der Waals surface area contributed by atoms with Gasteiger partial charge in [0.1, 0.15) is 0 Å². The highest BCUT2D eigenvalue weighted by atomic mass is 16.5. The summed E-state index contributed by atoms with van der Waals surface area (Å²) in [4.78, 5) is 23.4. The number of nitrogens with zero attached hydrogens (tertiary/aromatic N) is 1. The summed E-state index contributed by atoms with van der Waals surface area (Å²) in [6.07, 6.45) is 0. The van der Waals surface area contributed by atoms with Crippen LogP contribution in [-0.2, 0) is 14.3 Å². The molecule has 1 atom stereocenters. The van der Waals surface area contributed by atoms with Gasteiger partial charge in [0, 0.05) is 14.1 Å². The fraction of sp³-hybridized carbons (Fsp3) is 0.750. The van der Waals surface area contributed by atoms with Gasteiger partial charge in [-0.1, -0.05) is 0 Å². The fourth-order valence-corrected chi connectivity index (χ4v) is 0.783. The monoisotopic (exact) mass is 188 g/mol. The number of hydrogen-bond acceptors (Lipinski definition) is 4. The smallest absolute Gasteiger partial charge is 0.319 e. The molecule has 0 aromatic heterocycles. The molecule has 1 N–H and O–H groups in total. The van der Waals surface area contributed by atoms with Crippen molar-refractivity contribution in [2.75, 3.05) is 27.7 Å². The molecule has 0 radical (unpaired) electrons. The molecule has 0 rings (SSSR count). The molecular weight excluding hydrogens is 172 g/mol. The molecule has 0 saturated heterocycles. The molecule has 0 saturated carbocycles. The van der Waals surface area contributed by atoms with Crippen LogP contribution in [0.5, 0.6) is 0 Å². The number of carbonyl (C=O) groups excluding carboxylic acids is 2. The molecule has 0 aromatic rings. The standard InChI is InChI=1S/C8H16N2O3/c1-6(8(12)10(2)3)9-5-7(11)13-4/h6,9H,5H2,1-4H3. The lowest BCUT2D eigenvalue weighted by atomic mass is 10.3. The lowest BCUT2D eigenvalue weighted by molar-refractivity contribution is -0.140. The zero-order chi connectivity index (χ0) is 10.4. The number of methoxy groups -OCH3 is 1. The van der Waals surface area contributed by atoms with Gasteiger partial charge in [-0.05, 0) is 6.92 Å². The lowest BCUT2D eigenvalue weighted by Crippen LogP contribution is -2.43. The Labute approximate surface area is 78.0 Å². The normalized spacial score (nSPS) is 12.0. The Balaban J connectivity index is 3.81.